The molecule has 0 unspecified atom stereocenters. The lowest BCUT2D eigenvalue weighted by Crippen LogP contribution is -2.14. The second-order valence-electron chi connectivity index (χ2n) is 5.64. The fraction of sp³-hybridized carbons (Fsp3) is 0.150. The molecular formula is C20H17BrN2O4S. The topological polar surface area (TPSA) is 81.4 Å². The minimum absolute atomic E-state index is 0.151. The Morgan fingerprint density at radius 2 is 2.00 bits per heavy atom. The van der Waals surface area contributed by atoms with Crippen LogP contribution in [0.2, 0.25) is 0 Å². The van der Waals surface area contributed by atoms with Gasteiger partial charge in [0.05, 0.1) is 24.1 Å². The summed E-state index contributed by atoms with van der Waals surface area (Å²) in [5.41, 5.74) is 1.94. The smallest absolute Gasteiger partial charge is 0.338 e. The first-order valence-corrected chi connectivity index (χ1v) is 10.2. The van der Waals surface area contributed by atoms with Gasteiger partial charge in [0.15, 0.2) is 5.76 Å². The van der Waals surface area contributed by atoms with E-state index in [9.17, 15) is 9.59 Å². The van der Waals surface area contributed by atoms with Gasteiger partial charge in [0.25, 0.3) is 5.22 Å². The monoisotopic (exact) mass is 460 g/mol. The fourth-order valence-corrected chi connectivity index (χ4v) is 3.33. The van der Waals surface area contributed by atoms with Crippen molar-refractivity contribution in [3.8, 4) is 11.3 Å². The number of rotatable bonds is 7. The Kier molecular flexibility index (Phi) is 6.89. The number of nitrogens with one attached hydrogen (secondary N) is 1. The number of benzene rings is 2. The zero-order valence-corrected chi connectivity index (χ0v) is 17.4. The molecule has 1 amide bonds. The predicted octanol–water partition coefficient (Wildman–Crippen LogP) is 5.01. The summed E-state index contributed by atoms with van der Waals surface area (Å²) in [6.07, 6.45) is 1.64. The van der Waals surface area contributed by atoms with E-state index in [2.05, 4.69) is 26.2 Å². The maximum Gasteiger partial charge on any atom is 0.338 e. The lowest BCUT2D eigenvalue weighted by molar-refractivity contribution is -0.113. The Balaban J connectivity index is 1.53. The van der Waals surface area contributed by atoms with Crippen molar-refractivity contribution in [1.82, 2.24) is 4.98 Å². The molecule has 3 aromatic rings. The minimum Gasteiger partial charge on any atom is -0.462 e. The molecule has 144 valence electrons. The van der Waals surface area contributed by atoms with Crippen LogP contribution in [0, 0.1) is 0 Å². The molecule has 6 nitrogen and oxygen atoms in total. The van der Waals surface area contributed by atoms with Crippen LogP contribution in [-0.2, 0) is 9.53 Å². The Hall–Kier alpha value is -2.58. The number of oxazole rings is 1. The molecule has 0 saturated heterocycles. The second kappa shape index (κ2) is 9.57. The van der Waals surface area contributed by atoms with Gasteiger partial charge in [0.2, 0.25) is 5.91 Å². The fourth-order valence-electron chi connectivity index (χ4n) is 2.33. The van der Waals surface area contributed by atoms with Gasteiger partial charge in [0, 0.05) is 15.7 Å². The molecule has 0 atom stereocenters. The van der Waals surface area contributed by atoms with Crippen molar-refractivity contribution in [1.29, 1.82) is 0 Å². The number of aromatic nitrogens is 1. The van der Waals surface area contributed by atoms with E-state index >= 15 is 0 Å². The van der Waals surface area contributed by atoms with Crippen LogP contribution in [0.1, 0.15) is 17.3 Å². The molecule has 1 aromatic heterocycles. The molecule has 8 heteroatoms. The molecular weight excluding hydrogens is 444 g/mol. The first-order chi connectivity index (χ1) is 13.5. The first kappa shape index (κ1) is 20.2. The molecule has 28 heavy (non-hydrogen) atoms. The third-order valence-electron chi connectivity index (χ3n) is 3.60. The zero-order valence-electron chi connectivity index (χ0n) is 15.0. The summed E-state index contributed by atoms with van der Waals surface area (Å²) in [5, 5.41) is 3.19. The zero-order chi connectivity index (χ0) is 19.9. The maximum absolute atomic E-state index is 12.1. The van der Waals surface area contributed by atoms with Crippen molar-refractivity contribution in [2.24, 2.45) is 0 Å². The summed E-state index contributed by atoms with van der Waals surface area (Å²) >= 11 is 4.63. The predicted molar refractivity (Wildman–Crippen MR) is 111 cm³/mol. The van der Waals surface area contributed by atoms with Crippen molar-refractivity contribution < 1.29 is 18.7 Å². The van der Waals surface area contributed by atoms with Crippen LogP contribution in [0.25, 0.3) is 11.3 Å². The average Bonchev–Trinajstić information content (AvgIpc) is 3.16. The standard InChI is InChI=1S/C20H17BrN2O4S/c1-2-26-19(25)13-6-8-16(9-7-13)23-18(24)12-28-20-22-11-17(27-20)14-4-3-5-15(21)10-14/h3-11H,2,12H2,1H3,(H,23,24). The molecule has 0 aliphatic rings. The van der Waals surface area contributed by atoms with Crippen LogP contribution < -0.4 is 5.32 Å². The van der Waals surface area contributed by atoms with Gasteiger partial charge in [-0.2, -0.15) is 0 Å². The van der Waals surface area contributed by atoms with Gasteiger partial charge in [-0.25, -0.2) is 9.78 Å². The molecule has 2 aromatic carbocycles. The van der Waals surface area contributed by atoms with Crippen LogP contribution in [0.4, 0.5) is 5.69 Å². The number of amides is 1. The summed E-state index contributed by atoms with van der Waals surface area (Å²) in [6, 6.07) is 14.2. The van der Waals surface area contributed by atoms with E-state index in [4.69, 9.17) is 9.15 Å². The molecule has 0 aliphatic heterocycles. The van der Waals surface area contributed by atoms with Crippen LogP contribution in [0.5, 0.6) is 0 Å². The molecule has 0 spiro atoms. The minimum atomic E-state index is -0.388. The van der Waals surface area contributed by atoms with Crippen molar-refractivity contribution in [2.45, 2.75) is 12.1 Å². The molecule has 1 N–H and O–H groups in total. The number of ether oxygens (including phenoxy) is 1. The van der Waals surface area contributed by atoms with E-state index in [0.717, 1.165) is 10.0 Å². The summed E-state index contributed by atoms with van der Waals surface area (Å²) < 4.78 is 11.6. The number of anilines is 1. The highest BCUT2D eigenvalue weighted by Crippen LogP contribution is 2.27. The van der Waals surface area contributed by atoms with E-state index < -0.39 is 0 Å². The van der Waals surface area contributed by atoms with Crippen LogP contribution in [0.15, 0.2) is 68.8 Å². The largest absolute Gasteiger partial charge is 0.462 e. The third kappa shape index (κ3) is 5.46. The Morgan fingerprint density at radius 1 is 1.21 bits per heavy atom. The van der Waals surface area contributed by atoms with Crippen molar-refractivity contribution in [3.63, 3.8) is 0 Å². The lowest BCUT2D eigenvalue weighted by atomic mass is 10.2. The molecule has 0 radical (unpaired) electrons. The van der Waals surface area contributed by atoms with E-state index in [-0.39, 0.29) is 17.6 Å². The van der Waals surface area contributed by atoms with E-state index in [0.29, 0.717) is 28.8 Å². The SMILES string of the molecule is CCOC(=O)c1ccc(NC(=O)CSc2ncc(-c3cccc(Br)c3)o2)cc1. The highest BCUT2D eigenvalue weighted by atomic mass is 79.9. The van der Waals surface area contributed by atoms with Crippen LogP contribution >= 0.6 is 27.7 Å². The van der Waals surface area contributed by atoms with Gasteiger partial charge in [-0.1, -0.05) is 39.8 Å². The molecule has 1 heterocycles. The first-order valence-electron chi connectivity index (χ1n) is 8.46. The van der Waals surface area contributed by atoms with Gasteiger partial charge >= 0.3 is 5.97 Å². The van der Waals surface area contributed by atoms with Crippen molar-refractivity contribution in [3.05, 3.63) is 64.8 Å². The Morgan fingerprint density at radius 3 is 2.71 bits per heavy atom. The number of hydrogen-bond acceptors (Lipinski definition) is 6. The number of halogens is 1. The van der Waals surface area contributed by atoms with Gasteiger partial charge in [-0.05, 0) is 43.3 Å². The summed E-state index contributed by atoms with van der Waals surface area (Å²) in [4.78, 5) is 28.0. The highest BCUT2D eigenvalue weighted by Gasteiger charge is 2.11. The average molecular weight is 461 g/mol. The molecule has 0 saturated carbocycles. The van der Waals surface area contributed by atoms with Crippen molar-refractivity contribution >= 4 is 45.3 Å². The van der Waals surface area contributed by atoms with E-state index in [1.165, 1.54) is 11.8 Å². The lowest BCUT2D eigenvalue weighted by Gasteiger charge is -2.06. The van der Waals surface area contributed by atoms with Crippen LogP contribution in [-0.4, -0.2) is 29.2 Å². The van der Waals surface area contributed by atoms with Crippen LogP contribution in [0.3, 0.4) is 0 Å². The number of thioether (sulfide) groups is 1. The van der Waals surface area contributed by atoms with Gasteiger partial charge in [-0.15, -0.1) is 0 Å². The number of carbonyl (C=O) groups excluding carboxylic acids is 2. The Labute approximate surface area is 174 Å². The molecule has 0 aliphatic carbocycles. The van der Waals surface area contributed by atoms with E-state index in [1.54, 1.807) is 37.4 Å². The normalized spacial score (nSPS) is 10.5. The number of hydrogen-bond donors (Lipinski definition) is 1. The summed E-state index contributed by atoms with van der Waals surface area (Å²) in [7, 11) is 0. The summed E-state index contributed by atoms with van der Waals surface area (Å²) in [5.74, 6) is 0.203. The molecule has 3 rings (SSSR count). The van der Waals surface area contributed by atoms with Gasteiger partial charge < -0.3 is 14.5 Å². The van der Waals surface area contributed by atoms with E-state index in [1.807, 2.05) is 24.3 Å². The highest BCUT2D eigenvalue weighted by molar-refractivity contribution is 9.10. The summed E-state index contributed by atoms with van der Waals surface area (Å²) in [6.45, 7) is 2.07. The van der Waals surface area contributed by atoms with Gasteiger partial charge in [0.1, 0.15) is 0 Å². The number of nitrogens with zero attached hydrogens (tertiary/aromatic N) is 1. The second-order valence-corrected chi connectivity index (χ2v) is 7.48. The maximum atomic E-state index is 12.1. The number of esters is 1. The number of carbonyl (C=O) groups is 2. The molecule has 0 bridgehead atoms. The van der Waals surface area contributed by atoms with Gasteiger partial charge in [-0.3, -0.25) is 4.79 Å². The quantitative estimate of drug-likeness (QED) is 0.394. The Bertz CT molecular complexity index is 972. The van der Waals surface area contributed by atoms with Crippen molar-refractivity contribution in [2.75, 3.05) is 17.7 Å². The molecule has 0 fully saturated rings. The third-order valence-corrected chi connectivity index (χ3v) is 4.94.